The van der Waals surface area contributed by atoms with Crippen LogP contribution in [0.3, 0.4) is 0 Å². The van der Waals surface area contributed by atoms with Crippen LogP contribution in [-0.2, 0) is 13.0 Å². The van der Waals surface area contributed by atoms with Crippen molar-refractivity contribution in [3.8, 4) is 0 Å². The van der Waals surface area contributed by atoms with Gasteiger partial charge in [-0.05, 0) is 35.6 Å². The van der Waals surface area contributed by atoms with Gasteiger partial charge in [-0.1, -0.05) is 18.2 Å². The molecule has 0 spiro atoms. The predicted octanol–water partition coefficient (Wildman–Crippen LogP) is 2.72. The van der Waals surface area contributed by atoms with Crippen molar-refractivity contribution in [1.29, 1.82) is 0 Å². The molecule has 0 atom stereocenters. The van der Waals surface area contributed by atoms with Crippen LogP contribution in [0.4, 0.5) is 5.69 Å². The molecule has 0 radical (unpaired) electrons. The first-order chi connectivity index (χ1) is 10.7. The first-order valence-corrected chi connectivity index (χ1v) is 8.30. The molecule has 0 aliphatic heterocycles. The molecule has 0 amide bonds. The highest BCUT2D eigenvalue weighted by atomic mass is 32.1. The SMILES string of the molecule is CN=C(NCCc1cccs1)NCc1cccc(N(C)C)c1. The zero-order valence-corrected chi connectivity index (χ0v) is 14.3. The predicted molar refractivity (Wildman–Crippen MR) is 97.0 cm³/mol. The molecule has 0 unspecified atom stereocenters. The third-order valence-electron chi connectivity index (χ3n) is 3.35. The number of rotatable bonds is 6. The maximum atomic E-state index is 4.27. The highest BCUT2D eigenvalue weighted by molar-refractivity contribution is 7.09. The van der Waals surface area contributed by atoms with Crippen LogP contribution in [0.25, 0.3) is 0 Å². The minimum absolute atomic E-state index is 0.764. The van der Waals surface area contributed by atoms with E-state index in [1.165, 1.54) is 16.1 Å². The van der Waals surface area contributed by atoms with E-state index in [4.69, 9.17) is 0 Å². The highest BCUT2D eigenvalue weighted by Gasteiger charge is 2.01. The van der Waals surface area contributed by atoms with Gasteiger partial charge in [0.25, 0.3) is 0 Å². The van der Waals surface area contributed by atoms with Gasteiger partial charge in [-0.2, -0.15) is 0 Å². The summed E-state index contributed by atoms with van der Waals surface area (Å²) in [5.74, 6) is 0.840. The fourth-order valence-corrected chi connectivity index (χ4v) is 2.82. The fraction of sp³-hybridized carbons (Fsp3) is 0.353. The molecule has 22 heavy (non-hydrogen) atoms. The molecular formula is C17H24N4S. The Bertz CT molecular complexity index is 590. The van der Waals surface area contributed by atoms with Crippen LogP contribution in [0.2, 0.25) is 0 Å². The molecule has 0 saturated heterocycles. The Morgan fingerprint density at radius 2 is 2.05 bits per heavy atom. The monoisotopic (exact) mass is 316 g/mol. The van der Waals surface area contributed by atoms with Crippen molar-refractivity contribution >= 4 is 23.0 Å². The van der Waals surface area contributed by atoms with Crippen LogP contribution < -0.4 is 15.5 Å². The van der Waals surface area contributed by atoms with Crippen molar-refractivity contribution in [3.05, 3.63) is 52.2 Å². The zero-order valence-electron chi connectivity index (χ0n) is 13.5. The summed E-state index contributed by atoms with van der Waals surface area (Å²) in [6, 6.07) is 12.8. The van der Waals surface area contributed by atoms with Crippen molar-refractivity contribution in [2.45, 2.75) is 13.0 Å². The Balaban J connectivity index is 1.79. The highest BCUT2D eigenvalue weighted by Crippen LogP contribution is 2.13. The van der Waals surface area contributed by atoms with E-state index in [1.807, 2.05) is 0 Å². The summed E-state index contributed by atoms with van der Waals surface area (Å²) in [7, 11) is 5.91. The van der Waals surface area contributed by atoms with E-state index < -0.39 is 0 Å². The van der Waals surface area contributed by atoms with E-state index in [1.54, 1.807) is 18.4 Å². The molecule has 2 aromatic rings. The number of hydrogen-bond donors (Lipinski definition) is 2. The van der Waals surface area contributed by atoms with Crippen LogP contribution in [-0.4, -0.2) is 33.6 Å². The maximum absolute atomic E-state index is 4.27. The first kappa shape index (κ1) is 16.4. The summed E-state index contributed by atoms with van der Waals surface area (Å²) in [5, 5.41) is 8.82. The molecule has 4 nitrogen and oxygen atoms in total. The normalized spacial score (nSPS) is 11.3. The number of guanidine groups is 1. The number of nitrogens with one attached hydrogen (secondary N) is 2. The third-order valence-corrected chi connectivity index (χ3v) is 4.29. The summed E-state index contributed by atoms with van der Waals surface area (Å²) in [4.78, 5) is 7.77. The van der Waals surface area contributed by atoms with Crippen LogP contribution in [0.1, 0.15) is 10.4 Å². The Morgan fingerprint density at radius 1 is 1.18 bits per heavy atom. The molecule has 1 aromatic carbocycles. The van der Waals surface area contributed by atoms with Gasteiger partial charge in [0.05, 0.1) is 0 Å². The van der Waals surface area contributed by atoms with Gasteiger partial charge in [-0.25, -0.2) is 0 Å². The van der Waals surface area contributed by atoms with Gasteiger partial charge in [0.15, 0.2) is 5.96 Å². The molecule has 2 rings (SSSR count). The van der Waals surface area contributed by atoms with Gasteiger partial charge >= 0.3 is 0 Å². The van der Waals surface area contributed by atoms with Crippen LogP contribution in [0.15, 0.2) is 46.8 Å². The van der Waals surface area contributed by atoms with Gasteiger partial charge in [-0.3, -0.25) is 4.99 Å². The van der Waals surface area contributed by atoms with Crippen molar-refractivity contribution in [2.24, 2.45) is 4.99 Å². The minimum Gasteiger partial charge on any atom is -0.378 e. The van der Waals surface area contributed by atoms with E-state index in [0.29, 0.717) is 0 Å². The topological polar surface area (TPSA) is 39.7 Å². The second kappa shape index (κ2) is 8.44. The average molecular weight is 316 g/mol. The van der Waals surface area contributed by atoms with Crippen molar-refractivity contribution in [1.82, 2.24) is 10.6 Å². The first-order valence-electron chi connectivity index (χ1n) is 7.42. The second-order valence-electron chi connectivity index (χ2n) is 5.25. The van der Waals surface area contributed by atoms with E-state index in [0.717, 1.165) is 25.5 Å². The molecule has 0 aliphatic carbocycles. The molecule has 0 bridgehead atoms. The molecular weight excluding hydrogens is 292 g/mol. The molecule has 0 aliphatic rings. The summed E-state index contributed by atoms with van der Waals surface area (Å²) in [5.41, 5.74) is 2.45. The van der Waals surface area contributed by atoms with E-state index in [9.17, 15) is 0 Å². The number of hydrogen-bond acceptors (Lipinski definition) is 3. The fourth-order valence-electron chi connectivity index (χ4n) is 2.11. The third kappa shape index (κ3) is 5.07. The Morgan fingerprint density at radius 3 is 2.73 bits per heavy atom. The zero-order chi connectivity index (χ0) is 15.8. The van der Waals surface area contributed by atoms with Gasteiger partial charge < -0.3 is 15.5 Å². The van der Waals surface area contributed by atoms with Crippen molar-refractivity contribution in [3.63, 3.8) is 0 Å². The van der Waals surface area contributed by atoms with E-state index in [2.05, 4.69) is 76.4 Å². The summed E-state index contributed by atoms with van der Waals surface area (Å²) in [6.07, 6.45) is 1.02. The number of nitrogens with zero attached hydrogens (tertiary/aromatic N) is 2. The lowest BCUT2D eigenvalue weighted by atomic mass is 10.2. The molecule has 2 N–H and O–H groups in total. The standard InChI is InChI=1S/C17H24N4S/c1-18-17(19-10-9-16-8-5-11-22-16)20-13-14-6-4-7-15(12-14)21(2)3/h4-8,11-12H,9-10,13H2,1-3H3,(H2,18,19,20). The van der Waals surface area contributed by atoms with Crippen LogP contribution in [0.5, 0.6) is 0 Å². The van der Waals surface area contributed by atoms with Gasteiger partial charge in [0, 0.05) is 44.8 Å². The molecule has 0 saturated carbocycles. The van der Waals surface area contributed by atoms with E-state index in [-0.39, 0.29) is 0 Å². The van der Waals surface area contributed by atoms with Crippen LogP contribution >= 0.6 is 11.3 Å². The molecule has 5 heteroatoms. The van der Waals surface area contributed by atoms with Crippen LogP contribution in [0, 0.1) is 0 Å². The number of thiophene rings is 1. The minimum atomic E-state index is 0.764. The van der Waals surface area contributed by atoms with E-state index >= 15 is 0 Å². The van der Waals surface area contributed by atoms with Gasteiger partial charge in [-0.15, -0.1) is 11.3 Å². The maximum Gasteiger partial charge on any atom is 0.191 e. The number of aliphatic imine (C=N–C) groups is 1. The quantitative estimate of drug-likeness (QED) is 0.636. The number of anilines is 1. The lowest BCUT2D eigenvalue weighted by Crippen LogP contribution is -2.37. The van der Waals surface area contributed by atoms with Crippen molar-refractivity contribution < 1.29 is 0 Å². The summed E-state index contributed by atoms with van der Waals surface area (Å²) in [6.45, 7) is 1.65. The lowest BCUT2D eigenvalue weighted by molar-refractivity contribution is 0.799. The summed E-state index contributed by atoms with van der Waals surface area (Å²) >= 11 is 1.79. The molecule has 1 heterocycles. The Kier molecular flexibility index (Phi) is 6.27. The average Bonchev–Trinajstić information content (AvgIpc) is 3.04. The Hall–Kier alpha value is -2.01. The molecule has 0 fully saturated rings. The molecule has 118 valence electrons. The lowest BCUT2D eigenvalue weighted by Gasteiger charge is -2.15. The second-order valence-corrected chi connectivity index (χ2v) is 6.28. The Labute approximate surface area is 136 Å². The summed E-state index contributed by atoms with van der Waals surface area (Å²) < 4.78 is 0. The van der Waals surface area contributed by atoms with Gasteiger partial charge in [0.1, 0.15) is 0 Å². The molecule has 1 aromatic heterocycles. The smallest absolute Gasteiger partial charge is 0.191 e. The number of benzene rings is 1. The van der Waals surface area contributed by atoms with Crippen molar-refractivity contribution in [2.75, 3.05) is 32.6 Å². The largest absolute Gasteiger partial charge is 0.378 e. The van der Waals surface area contributed by atoms with Gasteiger partial charge in [0.2, 0.25) is 0 Å².